The highest BCUT2D eigenvalue weighted by molar-refractivity contribution is 5.97. The van der Waals surface area contributed by atoms with Crippen LogP contribution in [-0.4, -0.2) is 35.8 Å². The molecule has 6 nitrogen and oxygen atoms in total. The van der Waals surface area contributed by atoms with Gasteiger partial charge in [-0.1, -0.05) is 12.8 Å². The first-order valence-electron chi connectivity index (χ1n) is 10.4. The van der Waals surface area contributed by atoms with E-state index in [4.69, 9.17) is 4.74 Å². The number of halogens is 1. The molecule has 0 spiro atoms. The predicted molar refractivity (Wildman–Crippen MR) is 108 cm³/mol. The van der Waals surface area contributed by atoms with Gasteiger partial charge in [0.25, 0.3) is 0 Å². The van der Waals surface area contributed by atoms with Crippen LogP contribution in [0.3, 0.4) is 0 Å². The van der Waals surface area contributed by atoms with E-state index in [0.717, 1.165) is 25.9 Å². The van der Waals surface area contributed by atoms with Crippen LogP contribution in [-0.2, 0) is 0 Å². The number of carboxylic acids is 1. The van der Waals surface area contributed by atoms with Gasteiger partial charge in [0.05, 0.1) is 18.0 Å². The number of anilines is 1. The highest BCUT2D eigenvalue weighted by Gasteiger charge is 2.38. The Morgan fingerprint density at radius 2 is 1.83 bits per heavy atom. The Morgan fingerprint density at radius 1 is 1.17 bits per heavy atom. The molecule has 1 saturated heterocycles. The average molecular weight is 400 g/mol. The van der Waals surface area contributed by atoms with Crippen molar-refractivity contribution in [2.75, 3.05) is 25.1 Å². The first kappa shape index (κ1) is 18.5. The van der Waals surface area contributed by atoms with Crippen molar-refractivity contribution in [3.05, 3.63) is 33.9 Å². The van der Waals surface area contributed by atoms with Crippen LogP contribution in [0.25, 0.3) is 10.9 Å². The van der Waals surface area contributed by atoms with Crippen LogP contribution >= 0.6 is 0 Å². The second-order valence-corrected chi connectivity index (χ2v) is 8.66. The number of fused-ring (bicyclic) bond motifs is 2. The summed E-state index contributed by atoms with van der Waals surface area (Å²) in [5.74, 6) is -0.319. The molecule has 1 aromatic carbocycles. The summed E-state index contributed by atoms with van der Waals surface area (Å²) in [6.45, 7) is 1.59. The number of benzene rings is 1. The first-order valence-corrected chi connectivity index (χ1v) is 10.4. The summed E-state index contributed by atoms with van der Waals surface area (Å²) in [6, 6.07) is 1.33. The summed E-state index contributed by atoms with van der Waals surface area (Å²) in [7, 11) is 1.49. The summed E-state index contributed by atoms with van der Waals surface area (Å²) in [6.07, 6.45) is 8.01. The standard InChI is InChI=1S/C22H25FN2O4/c1-29-21-18-15(20(26)16(22(27)28)11-25(18)14-6-7-14)8-17(23)19(21)24-9-12-4-2-3-5-13(12)10-24/h8,11-14H,2-7,9-10H2,1H3,(H,27,28)/t12-,13?/m0/s1. The molecule has 0 radical (unpaired) electrons. The van der Waals surface area contributed by atoms with Crippen molar-refractivity contribution in [1.29, 1.82) is 0 Å². The van der Waals surface area contributed by atoms with E-state index in [1.807, 2.05) is 4.57 Å². The van der Waals surface area contributed by atoms with E-state index in [0.29, 0.717) is 28.8 Å². The van der Waals surface area contributed by atoms with E-state index in [1.54, 1.807) is 0 Å². The fourth-order valence-electron chi connectivity index (χ4n) is 5.31. The normalized spacial score (nSPS) is 24.0. The smallest absolute Gasteiger partial charge is 0.341 e. The van der Waals surface area contributed by atoms with Gasteiger partial charge in [0, 0.05) is 25.3 Å². The van der Waals surface area contributed by atoms with Gasteiger partial charge in [-0.3, -0.25) is 4.79 Å². The Kier molecular flexibility index (Phi) is 4.29. The molecule has 2 heterocycles. The predicted octanol–water partition coefficient (Wildman–Crippen LogP) is 3.81. The van der Waals surface area contributed by atoms with Crippen LogP contribution in [0.2, 0.25) is 0 Å². The van der Waals surface area contributed by atoms with E-state index >= 15 is 4.39 Å². The molecule has 2 aliphatic carbocycles. The number of rotatable bonds is 4. The van der Waals surface area contributed by atoms with Gasteiger partial charge < -0.3 is 19.3 Å². The Balaban J connectivity index is 1.73. The summed E-state index contributed by atoms with van der Waals surface area (Å²) in [5, 5.41) is 9.52. The first-order chi connectivity index (χ1) is 14.0. The summed E-state index contributed by atoms with van der Waals surface area (Å²) in [5.41, 5.74) is -0.0726. The highest BCUT2D eigenvalue weighted by Crippen LogP contribution is 2.46. The van der Waals surface area contributed by atoms with Gasteiger partial charge in [-0.2, -0.15) is 0 Å². The Labute approximate surface area is 167 Å². The third kappa shape index (κ3) is 2.90. The number of pyridine rings is 1. The molecular weight excluding hydrogens is 375 g/mol. The van der Waals surface area contributed by atoms with Gasteiger partial charge in [-0.25, -0.2) is 9.18 Å². The molecule has 2 atom stereocenters. The number of carbonyl (C=O) groups is 1. The van der Waals surface area contributed by atoms with Crippen molar-refractivity contribution in [1.82, 2.24) is 4.57 Å². The molecule has 7 heteroatoms. The summed E-state index contributed by atoms with van der Waals surface area (Å²) >= 11 is 0. The fraction of sp³-hybridized carbons (Fsp3) is 0.545. The topological polar surface area (TPSA) is 71.8 Å². The molecule has 3 aliphatic rings. The molecule has 1 aliphatic heterocycles. The van der Waals surface area contributed by atoms with Crippen LogP contribution < -0.4 is 15.1 Å². The molecule has 2 saturated carbocycles. The van der Waals surface area contributed by atoms with E-state index in [1.165, 1.54) is 45.1 Å². The van der Waals surface area contributed by atoms with E-state index in [-0.39, 0.29) is 17.0 Å². The quantitative estimate of drug-likeness (QED) is 0.845. The van der Waals surface area contributed by atoms with Crippen LogP contribution in [0.1, 0.15) is 54.9 Å². The zero-order valence-electron chi connectivity index (χ0n) is 16.5. The zero-order chi connectivity index (χ0) is 20.3. The Morgan fingerprint density at radius 3 is 2.38 bits per heavy atom. The molecule has 1 aromatic heterocycles. The van der Waals surface area contributed by atoms with E-state index in [2.05, 4.69) is 4.90 Å². The van der Waals surface area contributed by atoms with Gasteiger partial charge in [0.1, 0.15) is 11.3 Å². The lowest BCUT2D eigenvalue weighted by atomic mass is 9.82. The lowest BCUT2D eigenvalue weighted by Gasteiger charge is -2.24. The molecular formula is C22H25FN2O4. The fourth-order valence-corrected chi connectivity index (χ4v) is 5.31. The molecule has 2 aromatic rings. The Bertz CT molecular complexity index is 1050. The van der Waals surface area contributed by atoms with Crippen molar-refractivity contribution in [2.24, 2.45) is 11.8 Å². The summed E-state index contributed by atoms with van der Waals surface area (Å²) < 4.78 is 22.8. The summed E-state index contributed by atoms with van der Waals surface area (Å²) in [4.78, 5) is 26.4. The van der Waals surface area contributed by atoms with Crippen molar-refractivity contribution in [3.63, 3.8) is 0 Å². The average Bonchev–Trinajstić information content (AvgIpc) is 3.45. The largest absolute Gasteiger partial charge is 0.492 e. The molecule has 29 heavy (non-hydrogen) atoms. The minimum Gasteiger partial charge on any atom is -0.492 e. The molecule has 5 rings (SSSR count). The lowest BCUT2D eigenvalue weighted by molar-refractivity contribution is 0.0695. The number of aromatic carboxylic acids is 1. The molecule has 0 amide bonds. The van der Waals surface area contributed by atoms with Crippen molar-refractivity contribution in [3.8, 4) is 5.75 Å². The van der Waals surface area contributed by atoms with Gasteiger partial charge in [0.2, 0.25) is 5.43 Å². The van der Waals surface area contributed by atoms with Crippen LogP contribution in [0.4, 0.5) is 10.1 Å². The number of aromatic nitrogens is 1. The van der Waals surface area contributed by atoms with Gasteiger partial charge >= 0.3 is 5.97 Å². The number of hydrogen-bond acceptors (Lipinski definition) is 4. The number of ether oxygens (including phenoxy) is 1. The van der Waals surface area contributed by atoms with E-state index < -0.39 is 17.2 Å². The van der Waals surface area contributed by atoms with Crippen LogP contribution in [0.5, 0.6) is 5.75 Å². The molecule has 154 valence electrons. The second-order valence-electron chi connectivity index (χ2n) is 8.66. The number of nitrogens with zero attached hydrogens (tertiary/aromatic N) is 2. The van der Waals surface area contributed by atoms with Crippen molar-refractivity contribution < 1.29 is 19.0 Å². The second kappa shape index (κ2) is 6.75. The van der Waals surface area contributed by atoms with Crippen molar-refractivity contribution in [2.45, 2.75) is 44.6 Å². The third-order valence-electron chi connectivity index (χ3n) is 6.87. The SMILES string of the molecule is COc1c(N2CC3CCCC[C@H]3C2)c(F)cc2c(=O)c(C(=O)O)cn(C3CC3)c12. The minimum atomic E-state index is -1.29. The monoisotopic (exact) mass is 400 g/mol. The minimum absolute atomic E-state index is 0.0755. The van der Waals surface area contributed by atoms with Gasteiger partial charge in [0.15, 0.2) is 11.6 Å². The van der Waals surface area contributed by atoms with Crippen LogP contribution in [0, 0.1) is 17.7 Å². The third-order valence-corrected chi connectivity index (χ3v) is 6.87. The number of methoxy groups -OCH3 is 1. The highest BCUT2D eigenvalue weighted by atomic mass is 19.1. The van der Waals surface area contributed by atoms with E-state index in [9.17, 15) is 14.7 Å². The molecule has 0 bridgehead atoms. The lowest BCUT2D eigenvalue weighted by Crippen LogP contribution is -2.24. The molecule has 3 fully saturated rings. The van der Waals surface area contributed by atoms with Crippen molar-refractivity contribution >= 4 is 22.6 Å². The van der Waals surface area contributed by atoms with Crippen LogP contribution in [0.15, 0.2) is 17.1 Å². The maximum Gasteiger partial charge on any atom is 0.341 e. The Hall–Kier alpha value is -2.57. The van der Waals surface area contributed by atoms with Gasteiger partial charge in [-0.15, -0.1) is 0 Å². The maximum atomic E-state index is 15.3. The number of carboxylic acid groups (broad SMARTS) is 1. The molecule has 1 N–H and O–H groups in total. The zero-order valence-corrected chi connectivity index (χ0v) is 16.5. The number of hydrogen-bond donors (Lipinski definition) is 1. The van der Waals surface area contributed by atoms with Gasteiger partial charge in [-0.05, 0) is 43.6 Å². The maximum absolute atomic E-state index is 15.3. The molecule has 1 unspecified atom stereocenters.